The topological polar surface area (TPSA) is 72.6 Å². The average molecular weight is 267 g/mol. The predicted octanol–water partition coefficient (Wildman–Crippen LogP) is 1.85. The van der Waals surface area contributed by atoms with E-state index >= 15 is 0 Å². The van der Waals surface area contributed by atoms with Crippen molar-refractivity contribution in [3.8, 4) is 5.75 Å². The zero-order valence-corrected chi connectivity index (χ0v) is 10.6. The minimum atomic E-state index is -0.822. The maximum atomic E-state index is 13.6. The summed E-state index contributed by atoms with van der Waals surface area (Å²) in [5, 5.41) is 9.07. The van der Waals surface area contributed by atoms with Gasteiger partial charge in [-0.25, -0.2) is 4.39 Å². The molecule has 1 aliphatic rings. The second-order valence-electron chi connectivity index (χ2n) is 4.92. The Morgan fingerprint density at radius 3 is 2.63 bits per heavy atom. The standard InChI is InChI=1S/C14H18FNO3/c15-11-2-1-3-12(13(11)14(16)18)19-10-6-4-9(8-17)5-7-10/h1-3,9-10,17H,4-8H2,(H2,16,18). The molecule has 19 heavy (non-hydrogen) atoms. The SMILES string of the molecule is NC(=O)c1c(F)cccc1OC1CCC(CO)CC1. The molecule has 0 atom stereocenters. The van der Waals surface area contributed by atoms with Crippen molar-refractivity contribution in [3.63, 3.8) is 0 Å². The van der Waals surface area contributed by atoms with Crippen LogP contribution < -0.4 is 10.5 Å². The van der Waals surface area contributed by atoms with Gasteiger partial charge in [0, 0.05) is 6.61 Å². The van der Waals surface area contributed by atoms with Crippen LogP contribution >= 0.6 is 0 Å². The van der Waals surface area contributed by atoms with Crippen LogP contribution in [0.2, 0.25) is 0 Å². The van der Waals surface area contributed by atoms with Crippen molar-refractivity contribution >= 4 is 5.91 Å². The van der Waals surface area contributed by atoms with Gasteiger partial charge in [0.05, 0.1) is 6.10 Å². The molecule has 2 rings (SSSR count). The molecule has 0 saturated heterocycles. The van der Waals surface area contributed by atoms with E-state index < -0.39 is 11.7 Å². The number of rotatable bonds is 4. The van der Waals surface area contributed by atoms with Crippen LogP contribution in [0.3, 0.4) is 0 Å². The molecule has 104 valence electrons. The van der Waals surface area contributed by atoms with Gasteiger partial charge in [-0.2, -0.15) is 0 Å². The van der Waals surface area contributed by atoms with Gasteiger partial charge in [0.25, 0.3) is 5.91 Å². The first kappa shape index (κ1) is 13.8. The highest BCUT2D eigenvalue weighted by atomic mass is 19.1. The fraction of sp³-hybridized carbons (Fsp3) is 0.500. The summed E-state index contributed by atoms with van der Waals surface area (Å²) in [6.07, 6.45) is 3.28. The molecule has 0 heterocycles. The zero-order chi connectivity index (χ0) is 13.8. The number of hydrogen-bond donors (Lipinski definition) is 2. The molecular weight excluding hydrogens is 249 g/mol. The Morgan fingerprint density at radius 2 is 2.05 bits per heavy atom. The van der Waals surface area contributed by atoms with Crippen LogP contribution in [-0.2, 0) is 0 Å². The summed E-state index contributed by atoms with van der Waals surface area (Å²) in [5.41, 5.74) is 4.98. The number of hydrogen-bond acceptors (Lipinski definition) is 3. The van der Waals surface area contributed by atoms with Gasteiger partial charge < -0.3 is 15.6 Å². The molecule has 1 amide bonds. The van der Waals surface area contributed by atoms with Crippen LogP contribution in [0, 0.1) is 11.7 Å². The van der Waals surface area contributed by atoms with E-state index in [1.54, 1.807) is 6.07 Å². The first-order chi connectivity index (χ1) is 9.11. The lowest BCUT2D eigenvalue weighted by atomic mass is 9.88. The summed E-state index contributed by atoms with van der Waals surface area (Å²) in [5.74, 6) is -0.950. The van der Waals surface area contributed by atoms with Crippen molar-refractivity contribution in [2.24, 2.45) is 11.7 Å². The molecule has 0 spiro atoms. The Morgan fingerprint density at radius 1 is 1.37 bits per heavy atom. The van der Waals surface area contributed by atoms with E-state index in [9.17, 15) is 9.18 Å². The molecular formula is C14H18FNO3. The largest absolute Gasteiger partial charge is 0.489 e. The molecule has 0 bridgehead atoms. The third-order valence-corrected chi connectivity index (χ3v) is 3.57. The van der Waals surface area contributed by atoms with Crippen molar-refractivity contribution in [3.05, 3.63) is 29.6 Å². The van der Waals surface area contributed by atoms with Crippen molar-refractivity contribution in [1.29, 1.82) is 0 Å². The first-order valence-corrected chi connectivity index (χ1v) is 6.47. The molecule has 0 aliphatic heterocycles. The predicted molar refractivity (Wildman–Crippen MR) is 68.4 cm³/mol. The molecule has 0 unspecified atom stereocenters. The van der Waals surface area contributed by atoms with Crippen molar-refractivity contribution in [1.82, 2.24) is 0 Å². The van der Waals surface area contributed by atoms with Crippen LogP contribution in [0.1, 0.15) is 36.0 Å². The van der Waals surface area contributed by atoms with Gasteiger partial charge in [0.1, 0.15) is 17.1 Å². The van der Waals surface area contributed by atoms with Gasteiger partial charge in [-0.3, -0.25) is 4.79 Å². The molecule has 1 saturated carbocycles. The van der Waals surface area contributed by atoms with E-state index in [1.807, 2.05) is 0 Å². The highest BCUT2D eigenvalue weighted by Gasteiger charge is 2.24. The van der Waals surface area contributed by atoms with Gasteiger partial charge in [-0.1, -0.05) is 6.07 Å². The molecule has 0 radical (unpaired) electrons. The van der Waals surface area contributed by atoms with Gasteiger partial charge in [0.15, 0.2) is 0 Å². The second kappa shape index (κ2) is 6.02. The Labute approximate surface area is 111 Å². The quantitative estimate of drug-likeness (QED) is 0.874. The summed E-state index contributed by atoms with van der Waals surface area (Å²) in [4.78, 5) is 11.3. The van der Waals surface area contributed by atoms with Crippen molar-refractivity contribution < 1.29 is 19.0 Å². The van der Waals surface area contributed by atoms with E-state index in [0.29, 0.717) is 5.92 Å². The average Bonchev–Trinajstić information content (AvgIpc) is 2.39. The smallest absolute Gasteiger partial charge is 0.255 e. The van der Waals surface area contributed by atoms with E-state index in [0.717, 1.165) is 25.7 Å². The number of halogens is 1. The molecule has 1 fully saturated rings. The van der Waals surface area contributed by atoms with E-state index in [1.165, 1.54) is 12.1 Å². The van der Waals surface area contributed by atoms with Crippen LogP contribution in [0.5, 0.6) is 5.75 Å². The van der Waals surface area contributed by atoms with Crippen molar-refractivity contribution in [2.75, 3.05) is 6.61 Å². The summed E-state index contributed by atoms with van der Waals surface area (Å²) >= 11 is 0. The molecule has 1 aromatic rings. The fourth-order valence-electron chi connectivity index (χ4n) is 2.45. The van der Waals surface area contributed by atoms with Gasteiger partial charge in [0.2, 0.25) is 0 Å². The van der Waals surface area contributed by atoms with E-state index in [4.69, 9.17) is 15.6 Å². The Balaban J connectivity index is 2.08. The van der Waals surface area contributed by atoms with Crippen LogP contribution in [-0.4, -0.2) is 23.7 Å². The minimum absolute atomic E-state index is 0.0531. The third kappa shape index (κ3) is 3.23. The number of benzene rings is 1. The molecule has 0 aromatic heterocycles. The number of carbonyl (C=O) groups is 1. The number of carbonyl (C=O) groups excluding carboxylic acids is 1. The molecule has 3 N–H and O–H groups in total. The molecule has 5 heteroatoms. The normalized spacial score (nSPS) is 23.1. The van der Waals surface area contributed by atoms with Gasteiger partial charge >= 0.3 is 0 Å². The maximum Gasteiger partial charge on any atom is 0.255 e. The highest BCUT2D eigenvalue weighted by Crippen LogP contribution is 2.29. The summed E-state index contributed by atoms with van der Waals surface area (Å²) < 4.78 is 19.3. The number of ether oxygens (including phenoxy) is 1. The lowest BCUT2D eigenvalue weighted by Gasteiger charge is -2.28. The number of aliphatic hydroxyl groups excluding tert-OH is 1. The van der Waals surface area contributed by atoms with E-state index in [-0.39, 0.29) is 24.0 Å². The summed E-state index contributed by atoms with van der Waals surface area (Å²) in [6, 6.07) is 4.24. The fourth-order valence-corrected chi connectivity index (χ4v) is 2.45. The number of primary amides is 1. The number of aliphatic hydroxyl groups is 1. The molecule has 1 aliphatic carbocycles. The molecule has 1 aromatic carbocycles. The Kier molecular flexibility index (Phi) is 4.37. The highest BCUT2D eigenvalue weighted by molar-refractivity contribution is 5.95. The number of nitrogens with two attached hydrogens (primary N) is 1. The van der Waals surface area contributed by atoms with E-state index in [2.05, 4.69) is 0 Å². The monoisotopic (exact) mass is 267 g/mol. The Bertz CT molecular complexity index is 456. The summed E-state index contributed by atoms with van der Waals surface area (Å²) in [7, 11) is 0. The van der Waals surface area contributed by atoms with Gasteiger partial charge in [-0.05, 0) is 43.7 Å². The first-order valence-electron chi connectivity index (χ1n) is 6.47. The van der Waals surface area contributed by atoms with Crippen LogP contribution in [0.4, 0.5) is 4.39 Å². The summed E-state index contributed by atoms with van der Waals surface area (Å²) in [6.45, 7) is 0.194. The van der Waals surface area contributed by atoms with Gasteiger partial charge in [-0.15, -0.1) is 0 Å². The van der Waals surface area contributed by atoms with Crippen LogP contribution in [0.25, 0.3) is 0 Å². The molecule has 4 nitrogen and oxygen atoms in total. The maximum absolute atomic E-state index is 13.6. The second-order valence-corrected chi connectivity index (χ2v) is 4.92. The number of amides is 1. The Hall–Kier alpha value is -1.62. The van der Waals surface area contributed by atoms with Crippen molar-refractivity contribution in [2.45, 2.75) is 31.8 Å². The third-order valence-electron chi connectivity index (χ3n) is 3.57. The lowest BCUT2D eigenvalue weighted by molar-refractivity contribution is 0.0947. The zero-order valence-electron chi connectivity index (χ0n) is 10.6. The minimum Gasteiger partial charge on any atom is -0.489 e. The van der Waals surface area contributed by atoms with Crippen LogP contribution in [0.15, 0.2) is 18.2 Å². The lowest BCUT2D eigenvalue weighted by Crippen LogP contribution is -2.27.